The van der Waals surface area contributed by atoms with Crippen LogP contribution in [0.2, 0.25) is 0 Å². The normalized spacial score (nSPS) is 14.4. The number of amides is 2. The predicted molar refractivity (Wildman–Crippen MR) is 110 cm³/mol. The third-order valence-electron chi connectivity index (χ3n) is 4.62. The van der Waals surface area contributed by atoms with Crippen LogP contribution in [-0.2, 0) is 10.2 Å². The minimum Gasteiger partial charge on any atom is -0.444 e. The molecule has 0 saturated heterocycles. The fourth-order valence-electron chi connectivity index (χ4n) is 2.89. The second-order valence-corrected chi connectivity index (χ2v) is 8.21. The first-order chi connectivity index (χ1) is 13.6. The summed E-state index contributed by atoms with van der Waals surface area (Å²) in [6.07, 6.45) is 2.51. The van der Waals surface area contributed by atoms with E-state index in [2.05, 4.69) is 21.7 Å². The molecule has 0 bridgehead atoms. The number of pyridine rings is 1. The number of benzene rings is 1. The highest BCUT2D eigenvalue weighted by atomic mass is 16.6. The summed E-state index contributed by atoms with van der Waals surface area (Å²) in [5, 5.41) is 14.8. The SMILES string of the molecule is Cc1ncc(C(=O)Nc2cccc(C3(C#N)CC3)c2)cc1NC(=O)OC(C)(C)C. The largest absolute Gasteiger partial charge is 0.444 e. The van der Waals surface area contributed by atoms with E-state index < -0.39 is 17.1 Å². The van der Waals surface area contributed by atoms with Gasteiger partial charge in [0.25, 0.3) is 5.91 Å². The van der Waals surface area contributed by atoms with Crippen molar-refractivity contribution in [3.8, 4) is 6.07 Å². The Morgan fingerprint density at radius 1 is 1.21 bits per heavy atom. The van der Waals surface area contributed by atoms with Crippen LogP contribution in [0.1, 0.15) is 55.2 Å². The number of aryl methyl sites for hydroxylation is 1. The Bertz CT molecular complexity index is 998. The van der Waals surface area contributed by atoms with Crippen molar-refractivity contribution in [1.82, 2.24) is 4.98 Å². The molecule has 0 atom stereocenters. The highest BCUT2D eigenvalue weighted by Crippen LogP contribution is 2.47. The van der Waals surface area contributed by atoms with Crippen molar-refractivity contribution in [2.45, 2.75) is 51.6 Å². The van der Waals surface area contributed by atoms with Crippen molar-refractivity contribution in [3.63, 3.8) is 0 Å². The number of hydrogen-bond acceptors (Lipinski definition) is 5. The van der Waals surface area contributed by atoms with E-state index >= 15 is 0 Å². The molecule has 2 N–H and O–H groups in total. The molecule has 7 nitrogen and oxygen atoms in total. The molecule has 7 heteroatoms. The van der Waals surface area contributed by atoms with Gasteiger partial charge in [0.15, 0.2) is 0 Å². The number of aromatic nitrogens is 1. The van der Waals surface area contributed by atoms with Crippen LogP contribution in [0, 0.1) is 18.3 Å². The molecule has 29 heavy (non-hydrogen) atoms. The molecular formula is C22H24N4O3. The summed E-state index contributed by atoms with van der Waals surface area (Å²) in [6.45, 7) is 7.05. The molecular weight excluding hydrogens is 368 g/mol. The van der Waals surface area contributed by atoms with Gasteiger partial charge in [-0.2, -0.15) is 5.26 Å². The van der Waals surface area contributed by atoms with E-state index in [9.17, 15) is 14.9 Å². The van der Waals surface area contributed by atoms with E-state index in [0.717, 1.165) is 18.4 Å². The summed E-state index contributed by atoms with van der Waals surface area (Å²) >= 11 is 0. The summed E-state index contributed by atoms with van der Waals surface area (Å²) in [4.78, 5) is 28.9. The Morgan fingerprint density at radius 2 is 1.93 bits per heavy atom. The first kappa shape index (κ1) is 20.3. The maximum atomic E-state index is 12.7. The maximum Gasteiger partial charge on any atom is 0.412 e. The lowest BCUT2D eigenvalue weighted by molar-refractivity contribution is 0.0635. The van der Waals surface area contributed by atoms with Crippen LogP contribution in [0.4, 0.5) is 16.2 Å². The van der Waals surface area contributed by atoms with Gasteiger partial charge in [-0.1, -0.05) is 12.1 Å². The van der Waals surface area contributed by atoms with Crippen LogP contribution in [0.5, 0.6) is 0 Å². The Morgan fingerprint density at radius 3 is 2.55 bits per heavy atom. The minimum atomic E-state index is -0.631. The van der Waals surface area contributed by atoms with Crippen molar-refractivity contribution in [3.05, 3.63) is 53.3 Å². The molecule has 3 rings (SSSR count). The number of hydrogen-bond donors (Lipinski definition) is 2. The van der Waals surface area contributed by atoms with Gasteiger partial charge in [0.1, 0.15) is 5.60 Å². The Kier molecular flexibility index (Phi) is 5.29. The van der Waals surface area contributed by atoms with Crippen LogP contribution in [0.25, 0.3) is 0 Å². The predicted octanol–water partition coefficient (Wildman–Crippen LogP) is 4.54. The molecule has 0 unspecified atom stereocenters. The summed E-state index contributed by atoms with van der Waals surface area (Å²) in [5.41, 5.74) is 1.74. The average Bonchev–Trinajstić information content (AvgIpc) is 3.43. The van der Waals surface area contributed by atoms with Gasteiger partial charge in [0.2, 0.25) is 0 Å². The zero-order valence-corrected chi connectivity index (χ0v) is 17.0. The fraction of sp³-hybridized carbons (Fsp3) is 0.364. The van der Waals surface area contributed by atoms with Crippen molar-refractivity contribution in [2.24, 2.45) is 0 Å². The standard InChI is InChI=1S/C22H24N4O3/c1-14-18(26-20(28)29-21(2,3)4)10-15(12-24-14)19(27)25-17-7-5-6-16(11-17)22(13-23)8-9-22/h5-7,10-12H,8-9H2,1-4H3,(H,25,27)(H,26,28). The van der Waals surface area contributed by atoms with Crippen LogP contribution in [0.15, 0.2) is 36.5 Å². The van der Waals surface area contributed by atoms with E-state index in [1.54, 1.807) is 39.8 Å². The van der Waals surface area contributed by atoms with Gasteiger partial charge in [0, 0.05) is 11.9 Å². The van der Waals surface area contributed by atoms with E-state index in [4.69, 9.17) is 4.74 Å². The zero-order valence-electron chi connectivity index (χ0n) is 17.0. The minimum absolute atomic E-state index is 0.300. The highest BCUT2D eigenvalue weighted by Gasteiger charge is 2.44. The topological polar surface area (TPSA) is 104 Å². The van der Waals surface area contributed by atoms with E-state index in [-0.39, 0.29) is 5.91 Å². The number of carbonyl (C=O) groups excluding carboxylic acids is 2. The number of ether oxygens (including phenoxy) is 1. The molecule has 0 radical (unpaired) electrons. The number of nitrogens with zero attached hydrogens (tertiary/aromatic N) is 2. The van der Waals surface area contributed by atoms with Crippen molar-refractivity contribution < 1.29 is 14.3 Å². The van der Waals surface area contributed by atoms with Crippen LogP contribution in [-0.4, -0.2) is 22.6 Å². The second-order valence-electron chi connectivity index (χ2n) is 8.21. The molecule has 150 valence electrons. The monoisotopic (exact) mass is 392 g/mol. The van der Waals surface area contributed by atoms with Gasteiger partial charge in [-0.05, 0) is 64.3 Å². The van der Waals surface area contributed by atoms with Crippen LogP contribution in [0.3, 0.4) is 0 Å². The number of carbonyl (C=O) groups is 2. The molecule has 1 fully saturated rings. The molecule has 1 aliphatic carbocycles. The molecule has 0 spiro atoms. The Labute approximate surface area is 170 Å². The number of rotatable bonds is 4. The molecule has 1 aromatic heterocycles. The quantitative estimate of drug-likeness (QED) is 0.795. The number of anilines is 2. The third kappa shape index (κ3) is 4.91. The molecule has 1 aliphatic rings. The zero-order chi connectivity index (χ0) is 21.2. The lowest BCUT2D eigenvalue weighted by Gasteiger charge is -2.20. The van der Waals surface area contributed by atoms with Gasteiger partial charge < -0.3 is 10.1 Å². The smallest absolute Gasteiger partial charge is 0.412 e. The summed E-state index contributed by atoms with van der Waals surface area (Å²) in [6, 6.07) is 11.2. The Hall–Kier alpha value is -3.40. The van der Waals surface area contributed by atoms with Gasteiger partial charge in [-0.25, -0.2) is 4.79 Å². The van der Waals surface area contributed by atoms with Crippen molar-refractivity contribution >= 4 is 23.4 Å². The third-order valence-corrected chi connectivity index (χ3v) is 4.62. The van der Waals surface area contributed by atoms with Crippen molar-refractivity contribution in [1.29, 1.82) is 5.26 Å². The lowest BCUT2D eigenvalue weighted by atomic mass is 9.97. The first-order valence-electron chi connectivity index (χ1n) is 9.42. The fourth-order valence-corrected chi connectivity index (χ4v) is 2.89. The van der Waals surface area contributed by atoms with E-state index in [0.29, 0.717) is 22.6 Å². The lowest BCUT2D eigenvalue weighted by Crippen LogP contribution is -2.27. The highest BCUT2D eigenvalue weighted by molar-refractivity contribution is 6.05. The molecule has 1 saturated carbocycles. The van der Waals surface area contributed by atoms with Gasteiger partial charge in [-0.3, -0.25) is 15.1 Å². The number of nitrogens with one attached hydrogen (secondary N) is 2. The summed E-state index contributed by atoms with van der Waals surface area (Å²) in [7, 11) is 0. The molecule has 2 amide bonds. The Balaban J connectivity index is 1.74. The molecule has 0 aliphatic heterocycles. The summed E-state index contributed by atoms with van der Waals surface area (Å²) in [5.74, 6) is -0.358. The summed E-state index contributed by atoms with van der Waals surface area (Å²) < 4.78 is 5.25. The molecule has 1 heterocycles. The van der Waals surface area contributed by atoms with Crippen molar-refractivity contribution in [2.75, 3.05) is 10.6 Å². The molecule has 2 aromatic rings. The average molecular weight is 392 g/mol. The van der Waals surface area contributed by atoms with Crippen LogP contribution >= 0.6 is 0 Å². The van der Waals surface area contributed by atoms with Gasteiger partial charge in [0.05, 0.1) is 28.4 Å². The van der Waals surface area contributed by atoms with Gasteiger partial charge >= 0.3 is 6.09 Å². The van der Waals surface area contributed by atoms with E-state index in [1.165, 1.54) is 6.20 Å². The number of nitriles is 1. The second kappa shape index (κ2) is 7.55. The van der Waals surface area contributed by atoms with E-state index in [1.807, 2.05) is 18.2 Å². The first-order valence-corrected chi connectivity index (χ1v) is 9.42. The van der Waals surface area contributed by atoms with Crippen LogP contribution < -0.4 is 10.6 Å². The maximum absolute atomic E-state index is 12.7. The molecule has 1 aromatic carbocycles. The van der Waals surface area contributed by atoms with Gasteiger partial charge in [-0.15, -0.1) is 0 Å².